The summed E-state index contributed by atoms with van der Waals surface area (Å²) in [6.07, 6.45) is 1.68. The van der Waals surface area contributed by atoms with Crippen molar-refractivity contribution in [3.63, 3.8) is 0 Å². The zero-order valence-corrected chi connectivity index (χ0v) is 13.3. The van der Waals surface area contributed by atoms with Gasteiger partial charge in [0.2, 0.25) is 0 Å². The Morgan fingerprint density at radius 2 is 2.14 bits per heavy atom. The summed E-state index contributed by atoms with van der Waals surface area (Å²) < 4.78 is 11.4. The van der Waals surface area contributed by atoms with E-state index in [1.165, 1.54) is 0 Å². The van der Waals surface area contributed by atoms with Crippen molar-refractivity contribution >= 4 is 5.91 Å². The van der Waals surface area contributed by atoms with E-state index in [4.69, 9.17) is 9.47 Å². The van der Waals surface area contributed by atoms with Crippen LogP contribution in [0.25, 0.3) is 0 Å². The van der Waals surface area contributed by atoms with E-state index in [1.54, 1.807) is 6.92 Å². The highest BCUT2D eigenvalue weighted by Crippen LogP contribution is 2.22. The van der Waals surface area contributed by atoms with Crippen LogP contribution in [0.15, 0.2) is 18.2 Å². The van der Waals surface area contributed by atoms with Crippen molar-refractivity contribution in [3.05, 3.63) is 29.3 Å². The van der Waals surface area contributed by atoms with Gasteiger partial charge in [-0.05, 0) is 57.7 Å². The van der Waals surface area contributed by atoms with Crippen LogP contribution >= 0.6 is 0 Å². The van der Waals surface area contributed by atoms with Gasteiger partial charge in [-0.3, -0.25) is 4.79 Å². The van der Waals surface area contributed by atoms with E-state index >= 15 is 0 Å². The van der Waals surface area contributed by atoms with Crippen LogP contribution in [0.5, 0.6) is 5.75 Å². The minimum Gasteiger partial charge on any atom is -0.481 e. The highest BCUT2D eigenvalue weighted by molar-refractivity contribution is 5.81. The second-order valence-electron chi connectivity index (χ2n) is 5.81. The highest BCUT2D eigenvalue weighted by atomic mass is 16.5. The molecule has 21 heavy (non-hydrogen) atoms. The van der Waals surface area contributed by atoms with Crippen LogP contribution in [0.1, 0.15) is 37.8 Å². The van der Waals surface area contributed by atoms with E-state index < -0.39 is 6.10 Å². The Labute approximate surface area is 126 Å². The van der Waals surface area contributed by atoms with Gasteiger partial charge in [0.25, 0.3) is 5.91 Å². The lowest BCUT2D eigenvalue weighted by Crippen LogP contribution is -2.46. The van der Waals surface area contributed by atoms with E-state index in [-0.39, 0.29) is 18.1 Å². The molecular weight excluding hydrogens is 266 g/mol. The van der Waals surface area contributed by atoms with Crippen LogP contribution < -0.4 is 10.1 Å². The van der Waals surface area contributed by atoms with E-state index in [0.29, 0.717) is 0 Å². The van der Waals surface area contributed by atoms with Gasteiger partial charge in [0.15, 0.2) is 6.10 Å². The average Bonchev–Trinajstić information content (AvgIpc) is 2.98. The molecule has 0 bridgehead atoms. The molecule has 1 aromatic carbocycles. The van der Waals surface area contributed by atoms with Crippen molar-refractivity contribution in [3.8, 4) is 5.75 Å². The summed E-state index contributed by atoms with van der Waals surface area (Å²) in [4.78, 5) is 12.2. The molecule has 1 fully saturated rings. The molecule has 2 rings (SSSR count). The summed E-state index contributed by atoms with van der Waals surface area (Å²) >= 11 is 0. The Morgan fingerprint density at radius 3 is 2.81 bits per heavy atom. The maximum atomic E-state index is 12.2. The first-order chi connectivity index (χ1) is 9.99. The molecule has 4 nitrogen and oxygen atoms in total. The van der Waals surface area contributed by atoms with Crippen LogP contribution in [0.3, 0.4) is 0 Å². The molecule has 1 aliphatic rings. The van der Waals surface area contributed by atoms with Crippen LogP contribution in [0, 0.1) is 13.8 Å². The maximum absolute atomic E-state index is 12.2. The smallest absolute Gasteiger partial charge is 0.261 e. The van der Waals surface area contributed by atoms with Gasteiger partial charge in [-0.25, -0.2) is 0 Å². The molecule has 0 radical (unpaired) electrons. The first-order valence-corrected chi connectivity index (χ1v) is 7.64. The fourth-order valence-corrected chi connectivity index (χ4v) is 2.53. The average molecular weight is 291 g/mol. The highest BCUT2D eigenvalue weighted by Gasteiger charge is 2.26. The van der Waals surface area contributed by atoms with Gasteiger partial charge >= 0.3 is 0 Å². The number of benzene rings is 1. The first kappa shape index (κ1) is 15.8. The van der Waals surface area contributed by atoms with Gasteiger partial charge in [0.05, 0.1) is 12.1 Å². The molecule has 3 atom stereocenters. The first-order valence-electron chi connectivity index (χ1n) is 7.64. The quantitative estimate of drug-likeness (QED) is 0.907. The Morgan fingerprint density at radius 1 is 1.38 bits per heavy atom. The number of carbonyl (C=O) groups excluding carboxylic acids is 1. The Bertz CT molecular complexity index is 495. The predicted octanol–water partition coefficient (Wildman–Crippen LogP) is 2.75. The molecule has 0 unspecified atom stereocenters. The number of rotatable bonds is 5. The van der Waals surface area contributed by atoms with Crippen molar-refractivity contribution in [2.75, 3.05) is 6.61 Å². The Kier molecular flexibility index (Phi) is 5.23. The molecule has 1 amide bonds. The van der Waals surface area contributed by atoms with Crippen molar-refractivity contribution in [1.82, 2.24) is 5.32 Å². The number of carbonyl (C=O) groups is 1. The molecule has 1 heterocycles. The third-order valence-electron chi connectivity index (χ3n) is 4.12. The zero-order chi connectivity index (χ0) is 15.4. The summed E-state index contributed by atoms with van der Waals surface area (Å²) in [6, 6.07) is 5.89. The normalized spacial score (nSPS) is 20.9. The van der Waals surface area contributed by atoms with Gasteiger partial charge in [0, 0.05) is 6.61 Å². The number of ether oxygens (including phenoxy) is 2. The molecule has 0 aromatic heterocycles. The van der Waals surface area contributed by atoms with Gasteiger partial charge in [-0.15, -0.1) is 0 Å². The Hall–Kier alpha value is -1.55. The maximum Gasteiger partial charge on any atom is 0.261 e. The van der Waals surface area contributed by atoms with E-state index in [9.17, 15) is 4.79 Å². The van der Waals surface area contributed by atoms with E-state index in [0.717, 1.165) is 36.3 Å². The van der Waals surface area contributed by atoms with Crippen LogP contribution in [0.4, 0.5) is 0 Å². The minimum atomic E-state index is -0.519. The lowest BCUT2D eigenvalue weighted by molar-refractivity contribution is -0.128. The van der Waals surface area contributed by atoms with Gasteiger partial charge in [-0.2, -0.15) is 0 Å². The molecule has 1 aliphatic heterocycles. The van der Waals surface area contributed by atoms with Gasteiger partial charge in [-0.1, -0.05) is 12.1 Å². The second kappa shape index (κ2) is 6.94. The number of hydrogen-bond donors (Lipinski definition) is 1. The molecule has 0 saturated carbocycles. The summed E-state index contributed by atoms with van der Waals surface area (Å²) in [5.41, 5.74) is 2.23. The summed E-state index contributed by atoms with van der Waals surface area (Å²) in [5.74, 6) is 0.668. The number of aryl methyl sites for hydroxylation is 1. The zero-order valence-electron chi connectivity index (χ0n) is 13.3. The van der Waals surface area contributed by atoms with Crippen molar-refractivity contribution in [1.29, 1.82) is 0 Å². The molecule has 0 aliphatic carbocycles. The lowest BCUT2D eigenvalue weighted by atomic mass is 10.1. The lowest BCUT2D eigenvalue weighted by Gasteiger charge is -2.23. The molecular formula is C17H25NO3. The summed E-state index contributed by atoms with van der Waals surface area (Å²) in [5, 5.41) is 2.99. The fourth-order valence-electron chi connectivity index (χ4n) is 2.53. The van der Waals surface area contributed by atoms with Gasteiger partial charge < -0.3 is 14.8 Å². The molecule has 1 aromatic rings. The molecule has 4 heteroatoms. The summed E-state index contributed by atoms with van der Waals surface area (Å²) in [6.45, 7) is 8.59. The molecule has 1 N–H and O–H groups in total. The SMILES string of the molecule is Cc1cccc(O[C@H](C)C(=O)N[C@H](C)[C@@H]2CCCO2)c1C. The predicted molar refractivity (Wildman–Crippen MR) is 82.6 cm³/mol. The van der Waals surface area contributed by atoms with E-state index in [2.05, 4.69) is 5.32 Å². The number of amides is 1. The van der Waals surface area contributed by atoms with Crippen LogP contribution in [-0.4, -0.2) is 30.8 Å². The third kappa shape index (κ3) is 3.97. The van der Waals surface area contributed by atoms with Gasteiger partial charge in [0.1, 0.15) is 5.75 Å². The van der Waals surface area contributed by atoms with Crippen LogP contribution in [-0.2, 0) is 9.53 Å². The Balaban J connectivity index is 1.91. The largest absolute Gasteiger partial charge is 0.481 e. The second-order valence-corrected chi connectivity index (χ2v) is 5.81. The topological polar surface area (TPSA) is 47.6 Å². The summed E-state index contributed by atoms with van der Waals surface area (Å²) in [7, 11) is 0. The monoisotopic (exact) mass is 291 g/mol. The standard InChI is InChI=1S/C17H25NO3/c1-11-7-5-8-15(12(11)2)21-14(4)17(19)18-13(3)16-9-6-10-20-16/h5,7-8,13-14,16H,6,9-10H2,1-4H3,(H,18,19)/t13-,14-,16+/m1/s1. The van der Waals surface area contributed by atoms with E-state index in [1.807, 2.05) is 39.0 Å². The molecule has 0 spiro atoms. The van der Waals surface area contributed by atoms with Crippen molar-refractivity contribution in [2.45, 2.75) is 58.8 Å². The molecule has 116 valence electrons. The molecule has 1 saturated heterocycles. The van der Waals surface area contributed by atoms with Crippen molar-refractivity contribution in [2.24, 2.45) is 0 Å². The fraction of sp³-hybridized carbons (Fsp3) is 0.588. The minimum absolute atomic E-state index is 0.0182. The van der Waals surface area contributed by atoms with Crippen LogP contribution in [0.2, 0.25) is 0 Å². The number of hydrogen-bond acceptors (Lipinski definition) is 3. The third-order valence-corrected chi connectivity index (χ3v) is 4.12. The van der Waals surface area contributed by atoms with Crippen molar-refractivity contribution < 1.29 is 14.3 Å². The number of nitrogens with one attached hydrogen (secondary N) is 1.